The first-order valence-electron chi connectivity index (χ1n) is 5.32. The first kappa shape index (κ1) is 15.0. The quantitative estimate of drug-likeness (QED) is 0.369. The van der Waals surface area contributed by atoms with Gasteiger partial charge in [0.25, 0.3) is 11.8 Å². The highest BCUT2D eigenvalue weighted by molar-refractivity contribution is 5.93. The number of carbonyl (C=O) groups is 2. The van der Waals surface area contributed by atoms with Crippen LogP contribution >= 0.6 is 0 Å². The smallest absolute Gasteiger partial charge is 0.271 e. The number of amides is 2. The predicted octanol–water partition coefficient (Wildman–Crippen LogP) is -2.98. The van der Waals surface area contributed by atoms with Crippen molar-refractivity contribution >= 4 is 11.8 Å². The second kappa shape index (κ2) is 6.73. The summed E-state index contributed by atoms with van der Waals surface area (Å²) in [7, 11) is 0. The summed E-state index contributed by atoms with van der Waals surface area (Å²) in [6, 6.07) is -1.03. The molecular formula is C10H14N4O5. The molecule has 6 N–H and O–H groups in total. The molecule has 0 spiro atoms. The van der Waals surface area contributed by atoms with Gasteiger partial charge in [0.15, 0.2) is 0 Å². The lowest BCUT2D eigenvalue weighted by atomic mass is 10.2. The van der Waals surface area contributed by atoms with Crippen LogP contribution in [0, 0.1) is 0 Å². The van der Waals surface area contributed by atoms with E-state index >= 15 is 0 Å². The molecule has 1 aromatic rings. The van der Waals surface area contributed by atoms with Crippen LogP contribution in [0.1, 0.15) is 21.0 Å². The molecule has 0 fully saturated rings. The molecular weight excluding hydrogens is 256 g/mol. The van der Waals surface area contributed by atoms with Crippen molar-refractivity contribution in [2.75, 3.05) is 13.2 Å². The van der Waals surface area contributed by atoms with Crippen molar-refractivity contribution in [1.82, 2.24) is 15.3 Å². The number of aromatic nitrogens is 2. The number of nitrogens with zero attached hydrogens (tertiary/aromatic N) is 2. The number of nitrogens with two attached hydrogens (primary N) is 1. The highest BCUT2D eigenvalue weighted by Crippen LogP contribution is 1.98. The molecule has 0 bridgehead atoms. The third-order valence-corrected chi connectivity index (χ3v) is 2.30. The maximum absolute atomic E-state index is 11.7. The molecule has 1 rings (SSSR count). The lowest BCUT2D eigenvalue weighted by Gasteiger charge is -2.20. The standard InChI is InChI=1S/C10H14N4O5/c11-9(18)5-1-13-6(2-12-5)10(19)14-7(3-15)8(17)4-16/h1-2,7-8,15-17H,3-4H2,(H2,11,18)(H,14,19). The maximum Gasteiger partial charge on any atom is 0.271 e. The molecule has 0 radical (unpaired) electrons. The van der Waals surface area contributed by atoms with Crippen molar-refractivity contribution < 1.29 is 24.9 Å². The SMILES string of the molecule is NC(=O)c1cnc(C(=O)NC(CO)C(O)CO)cn1. The van der Waals surface area contributed by atoms with E-state index in [4.69, 9.17) is 15.9 Å². The summed E-state index contributed by atoms with van der Waals surface area (Å²) in [6.07, 6.45) is 0.773. The Morgan fingerprint density at radius 3 is 2.21 bits per heavy atom. The number of primary amides is 1. The summed E-state index contributed by atoms with van der Waals surface area (Å²) in [5.41, 5.74) is 4.76. The molecule has 0 aliphatic carbocycles. The fraction of sp³-hybridized carbons (Fsp3) is 0.400. The van der Waals surface area contributed by atoms with E-state index < -0.39 is 37.2 Å². The minimum Gasteiger partial charge on any atom is -0.394 e. The Bertz CT molecular complexity index is 450. The molecule has 2 amide bonds. The van der Waals surface area contributed by atoms with E-state index in [0.717, 1.165) is 12.4 Å². The first-order chi connectivity index (χ1) is 8.99. The van der Waals surface area contributed by atoms with Crippen LogP contribution in [0.5, 0.6) is 0 Å². The van der Waals surface area contributed by atoms with Crippen molar-refractivity contribution in [3.05, 3.63) is 23.8 Å². The highest BCUT2D eigenvalue weighted by Gasteiger charge is 2.21. The van der Waals surface area contributed by atoms with Crippen molar-refractivity contribution in [1.29, 1.82) is 0 Å². The Balaban J connectivity index is 2.74. The maximum atomic E-state index is 11.7. The minimum absolute atomic E-state index is 0.0920. The van der Waals surface area contributed by atoms with Crippen LogP contribution in [0.2, 0.25) is 0 Å². The van der Waals surface area contributed by atoms with E-state index in [1.807, 2.05) is 0 Å². The summed E-state index contributed by atoms with van der Waals surface area (Å²) in [5, 5.41) is 29.3. The molecule has 0 aromatic carbocycles. The van der Waals surface area contributed by atoms with E-state index in [1.54, 1.807) is 0 Å². The van der Waals surface area contributed by atoms with Crippen LogP contribution in [0.3, 0.4) is 0 Å². The summed E-state index contributed by atoms with van der Waals surface area (Å²) < 4.78 is 0. The topological polar surface area (TPSA) is 159 Å². The Morgan fingerprint density at radius 1 is 1.21 bits per heavy atom. The molecule has 9 heteroatoms. The second-order valence-electron chi connectivity index (χ2n) is 3.66. The van der Waals surface area contributed by atoms with Gasteiger partial charge in [0.1, 0.15) is 11.4 Å². The van der Waals surface area contributed by atoms with Gasteiger partial charge in [-0.15, -0.1) is 0 Å². The van der Waals surface area contributed by atoms with E-state index in [0.29, 0.717) is 0 Å². The van der Waals surface area contributed by atoms with Gasteiger partial charge in [-0.3, -0.25) is 9.59 Å². The average molecular weight is 270 g/mol. The number of aliphatic hydroxyl groups excluding tert-OH is 3. The van der Waals surface area contributed by atoms with Crippen LogP contribution < -0.4 is 11.1 Å². The van der Waals surface area contributed by atoms with E-state index in [9.17, 15) is 14.7 Å². The lowest BCUT2D eigenvalue weighted by Crippen LogP contribution is -2.47. The highest BCUT2D eigenvalue weighted by atomic mass is 16.3. The summed E-state index contributed by atoms with van der Waals surface area (Å²) in [5.74, 6) is -1.49. The number of nitrogens with one attached hydrogen (secondary N) is 1. The number of rotatable bonds is 6. The molecule has 0 aliphatic rings. The number of carbonyl (C=O) groups excluding carboxylic acids is 2. The first-order valence-corrected chi connectivity index (χ1v) is 5.32. The summed E-state index contributed by atoms with van der Waals surface area (Å²) in [6.45, 7) is -1.17. The van der Waals surface area contributed by atoms with Crippen LogP contribution in [-0.2, 0) is 0 Å². The Kier molecular flexibility index (Phi) is 5.30. The van der Waals surface area contributed by atoms with Crippen LogP contribution in [-0.4, -0.2) is 62.5 Å². The molecule has 104 valence electrons. The fourth-order valence-electron chi connectivity index (χ4n) is 1.21. The largest absolute Gasteiger partial charge is 0.394 e. The van der Waals surface area contributed by atoms with Gasteiger partial charge in [0.2, 0.25) is 0 Å². The van der Waals surface area contributed by atoms with E-state index in [1.165, 1.54) is 0 Å². The molecule has 0 aliphatic heterocycles. The number of aliphatic hydroxyl groups is 3. The zero-order valence-electron chi connectivity index (χ0n) is 9.85. The summed E-state index contributed by atoms with van der Waals surface area (Å²) in [4.78, 5) is 29.7. The minimum atomic E-state index is -1.30. The third kappa shape index (κ3) is 3.95. The van der Waals surface area contributed by atoms with Gasteiger partial charge in [-0.05, 0) is 0 Å². The van der Waals surface area contributed by atoms with Gasteiger partial charge in [-0.1, -0.05) is 0 Å². The number of hydrogen-bond donors (Lipinski definition) is 5. The predicted molar refractivity (Wildman–Crippen MR) is 62.0 cm³/mol. The summed E-state index contributed by atoms with van der Waals surface area (Å²) >= 11 is 0. The zero-order chi connectivity index (χ0) is 14.4. The van der Waals surface area contributed by atoms with Crippen LogP contribution in [0.25, 0.3) is 0 Å². The van der Waals surface area contributed by atoms with Gasteiger partial charge in [-0.25, -0.2) is 9.97 Å². The number of hydrogen-bond acceptors (Lipinski definition) is 7. The molecule has 2 unspecified atom stereocenters. The third-order valence-electron chi connectivity index (χ3n) is 2.30. The van der Waals surface area contributed by atoms with Crippen molar-refractivity contribution in [3.8, 4) is 0 Å². The Labute approximate surface area is 108 Å². The molecule has 9 nitrogen and oxygen atoms in total. The van der Waals surface area contributed by atoms with Crippen LogP contribution in [0.4, 0.5) is 0 Å². The molecule has 2 atom stereocenters. The van der Waals surface area contributed by atoms with Gasteiger partial charge < -0.3 is 26.4 Å². The monoisotopic (exact) mass is 270 g/mol. The average Bonchev–Trinajstić information content (AvgIpc) is 2.43. The van der Waals surface area contributed by atoms with Crippen molar-refractivity contribution in [2.24, 2.45) is 5.73 Å². The van der Waals surface area contributed by atoms with Crippen molar-refractivity contribution in [2.45, 2.75) is 12.1 Å². The molecule has 0 saturated heterocycles. The van der Waals surface area contributed by atoms with E-state index in [-0.39, 0.29) is 11.4 Å². The Morgan fingerprint density at radius 2 is 1.79 bits per heavy atom. The zero-order valence-corrected chi connectivity index (χ0v) is 9.85. The van der Waals surface area contributed by atoms with Gasteiger partial charge in [0, 0.05) is 0 Å². The lowest BCUT2D eigenvalue weighted by molar-refractivity contribution is 0.0387. The molecule has 0 saturated carbocycles. The normalized spacial score (nSPS) is 13.6. The fourth-order valence-corrected chi connectivity index (χ4v) is 1.21. The molecule has 19 heavy (non-hydrogen) atoms. The van der Waals surface area contributed by atoms with Crippen molar-refractivity contribution in [3.63, 3.8) is 0 Å². The van der Waals surface area contributed by atoms with Gasteiger partial charge in [-0.2, -0.15) is 0 Å². The van der Waals surface area contributed by atoms with Gasteiger partial charge >= 0.3 is 0 Å². The molecule has 1 heterocycles. The van der Waals surface area contributed by atoms with Crippen LogP contribution in [0.15, 0.2) is 12.4 Å². The van der Waals surface area contributed by atoms with Gasteiger partial charge in [0.05, 0.1) is 37.8 Å². The molecule has 1 aromatic heterocycles. The Hall–Kier alpha value is -2.10. The van der Waals surface area contributed by atoms with E-state index in [2.05, 4.69) is 15.3 Å². The second-order valence-corrected chi connectivity index (χ2v) is 3.66.